The van der Waals surface area contributed by atoms with Crippen molar-refractivity contribution in [3.05, 3.63) is 29.8 Å². The first-order valence-corrected chi connectivity index (χ1v) is 6.95. The number of rotatable bonds is 1. The maximum Gasteiger partial charge on any atom is 0.0828 e. The van der Waals surface area contributed by atoms with E-state index in [0.717, 1.165) is 18.7 Å². The minimum absolute atomic E-state index is 0.359. The van der Waals surface area contributed by atoms with E-state index in [1.54, 1.807) is 0 Å². The summed E-state index contributed by atoms with van der Waals surface area (Å²) in [4.78, 5) is 2.48. The second kappa shape index (κ2) is 3.74. The Morgan fingerprint density at radius 2 is 2.11 bits per heavy atom. The van der Waals surface area contributed by atoms with Gasteiger partial charge in [0.05, 0.1) is 11.8 Å². The first kappa shape index (κ1) is 10.4. The Balaban J connectivity index is 1.73. The van der Waals surface area contributed by atoms with E-state index in [9.17, 15) is 5.21 Å². The summed E-state index contributed by atoms with van der Waals surface area (Å²) >= 11 is 0. The molecule has 1 aromatic rings. The second-order valence-electron chi connectivity index (χ2n) is 5.81. The highest BCUT2D eigenvalue weighted by molar-refractivity contribution is 5.97. The molecule has 0 aromatic heterocycles. The average Bonchev–Trinajstić information content (AvgIpc) is 3.11. The topological polar surface area (TPSA) is 35.8 Å². The van der Waals surface area contributed by atoms with Crippen LogP contribution in [0.1, 0.15) is 24.8 Å². The SMILES string of the molecule is O/N=C1/[C@H]2CC[C@@H](C2)[C@@H]1N1CCc2ccccc21. The summed E-state index contributed by atoms with van der Waals surface area (Å²) in [6.07, 6.45) is 4.87. The zero-order valence-electron chi connectivity index (χ0n) is 10.4. The van der Waals surface area contributed by atoms with Crippen molar-refractivity contribution in [1.29, 1.82) is 0 Å². The molecule has 0 saturated heterocycles. The fourth-order valence-corrected chi connectivity index (χ4v) is 4.26. The van der Waals surface area contributed by atoms with Crippen LogP contribution in [0.15, 0.2) is 29.4 Å². The first-order chi connectivity index (χ1) is 8.88. The normalized spacial score (nSPS) is 35.4. The molecule has 0 unspecified atom stereocenters. The van der Waals surface area contributed by atoms with Gasteiger partial charge in [-0.1, -0.05) is 23.4 Å². The quantitative estimate of drug-likeness (QED) is 0.607. The third-order valence-electron chi connectivity index (χ3n) is 5.02. The van der Waals surface area contributed by atoms with E-state index >= 15 is 0 Å². The van der Waals surface area contributed by atoms with Gasteiger partial charge in [0.25, 0.3) is 0 Å². The van der Waals surface area contributed by atoms with Gasteiger partial charge >= 0.3 is 0 Å². The first-order valence-electron chi connectivity index (χ1n) is 6.95. The van der Waals surface area contributed by atoms with Crippen LogP contribution in [0.3, 0.4) is 0 Å². The summed E-state index contributed by atoms with van der Waals surface area (Å²) in [6.45, 7) is 1.08. The van der Waals surface area contributed by atoms with Gasteiger partial charge in [-0.05, 0) is 43.2 Å². The zero-order valence-corrected chi connectivity index (χ0v) is 10.4. The molecule has 2 saturated carbocycles. The van der Waals surface area contributed by atoms with Gasteiger partial charge < -0.3 is 10.1 Å². The number of fused-ring (bicyclic) bond motifs is 3. The molecule has 94 valence electrons. The fraction of sp³-hybridized carbons (Fsp3) is 0.533. The number of benzene rings is 1. The Morgan fingerprint density at radius 3 is 3.00 bits per heavy atom. The maximum absolute atomic E-state index is 9.33. The van der Waals surface area contributed by atoms with Crippen LogP contribution in [0.4, 0.5) is 5.69 Å². The standard InChI is InChI=1S/C15H18N2O/c18-16-14-11-5-6-12(9-11)15(14)17-8-7-10-3-1-2-4-13(10)17/h1-4,11-12,15,18H,5-9H2/b16-14-/t11-,12-,15-/m0/s1. The largest absolute Gasteiger partial charge is 0.411 e. The van der Waals surface area contributed by atoms with Gasteiger partial charge in [-0.15, -0.1) is 0 Å². The van der Waals surface area contributed by atoms with Crippen molar-refractivity contribution in [2.75, 3.05) is 11.4 Å². The molecule has 1 aliphatic heterocycles. The lowest BCUT2D eigenvalue weighted by Crippen LogP contribution is -2.44. The molecule has 0 amide bonds. The lowest BCUT2D eigenvalue weighted by Gasteiger charge is -2.33. The van der Waals surface area contributed by atoms with Crippen LogP contribution in [-0.2, 0) is 6.42 Å². The van der Waals surface area contributed by atoms with Crippen molar-refractivity contribution in [3.8, 4) is 0 Å². The van der Waals surface area contributed by atoms with Crippen LogP contribution in [0.5, 0.6) is 0 Å². The molecule has 2 aliphatic carbocycles. The van der Waals surface area contributed by atoms with Crippen LogP contribution >= 0.6 is 0 Å². The van der Waals surface area contributed by atoms with E-state index in [4.69, 9.17) is 0 Å². The minimum Gasteiger partial charge on any atom is -0.411 e. The molecule has 3 heteroatoms. The Kier molecular flexibility index (Phi) is 2.16. The van der Waals surface area contributed by atoms with Crippen molar-refractivity contribution in [3.63, 3.8) is 0 Å². The number of oxime groups is 1. The molecule has 3 aliphatic rings. The average molecular weight is 242 g/mol. The van der Waals surface area contributed by atoms with Gasteiger partial charge in [0.2, 0.25) is 0 Å². The van der Waals surface area contributed by atoms with Gasteiger partial charge in [-0.2, -0.15) is 0 Å². The van der Waals surface area contributed by atoms with E-state index in [0.29, 0.717) is 17.9 Å². The van der Waals surface area contributed by atoms with Crippen LogP contribution in [0, 0.1) is 11.8 Å². The highest BCUT2D eigenvalue weighted by Crippen LogP contribution is 2.47. The van der Waals surface area contributed by atoms with E-state index in [2.05, 4.69) is 34.3 Å². The maximum atomic E-state index is 9.33. The molecule has 18 heavy (non-hydrogen) atoms. The number of nitrogens with zero attached hydrogens (tertiary/aromatic N) is 2. The van der Waals surface area contributed by atoms with Crippen LogP contribution in [0.25, 0.3) is 0 Å². The van der Waals surface area contributed by atoms with Gasteiger partial charge in [0, 0.05) is 18.2 Å². The van der Waals surface area contributed by atoms with Gasteiger partial charge in [0.15, 0.2) is 0 Å². The molecule has 1 N–H and O–H groups in total. The Labute approximate surface area is 107 Å². The van der Waals surface area contributed by atoms with E-state index in [1.807, 2.05) is 0 Å². The van der Waals surface area contributed by atoms with Gasteiger partial charge in [-0.25, -0.2) is 0 Å². The summed E-state index contributed by atoms with van der Waals surface area (Å²) < 4.78 is 0. The summed E-state index contributed by atoms with van der Waals surface area (Å²) in [5.74, 6) is 1.24. The molecule has 1 heterocycles. The summed E-state index contributed by atoms with van der Waals surface area (Å²) in [5, 5.41) is 13.0. The van der Waals surface area contributed by atoms with Crippen molar-refractivity contribution < 1.29 is 5.21 Å². The Bertz CT molecular complexity index is 511. The number of anilines is 1. The monoisotopic (exact) mass is 242 g/mol. The Hall–Kier alpha value is -1.51. The molecule has 4 rings (SSSR count). The molecule has 3 atom stereocenters. The van der Waals surface area contributed by atoms with Crippen molar-refractivity contribution in [2.45, 2.75) is 31.7 Å². The second-order valence-corrected chi connectivity index (χ2v) is 5.81. The van der Waals surface area contributed by atoms with Crippen LogP contribution in [-0.4, -0.2) is 23.5 Å². The molecule has 3 nitrogen and oxygen atoms in total. The number of hydrogen-bond donors (Lipinski definition) is 1. The van der Waals surface area contributed by atoms with Gasteiger partial charge in [-0.3, -0.25) is 0 Å². The molecule has 0 radical (unpaired) electrons. The highest BCUT2D eigenvalue weighted by atomic mass is 16.4. The third-order valence-corrected chi connectivity index (χ3v) is 5.02. The summed E-state index contributed by atoms with van der Waals surface area (Å²) in [5.41, 5.74) is 3.84. The molecule has 0 spiro atoms. The highest BCUT2D eigenvalue weighted by Gasteiger charge is 2.49. The zero-order chi connectivity index (χ0) is 12.1. The predicted octanol–water partition coefficient (Wildman–Crippen LogP) is 2.68. The lowest BCUT2D eigenvalue weighted by atomic mass is 9.92. The van der Waals surface area contributed by atoms with E-state index in [-0.39, 0.29) is 0 Å². The van der Waals surface area contributed by atoms with Crippen molar-refractivity contribution in [2.24, 2.45) is 17.0 Å². The van der Waals surface area contributed by atoms with E-state index in [1.165, 1.54) is 30.5 Å². The number of hydrogen-bond acceptors (Lipinski definition) is 3. The lowest BCUT2D eigenvalue weighted by molar-refractivity contribution is 0.311. The molecule has 2 bridgehead atoms. The molecule has 1 aromatic carbocycles. The predicted molar refractivity (Wildman–Crippen MR) is 71.3 cm³/mol. The minimum atomic E-state index is 0.359. The molecule has 2 fully saturated rings. The van der Waals surface area contributed by atoms with Crippen molar-refractivity contribution >= 4 is 11.4 Å². The third kappa shape index (κ3) is 1.27. The summed E-state index contributed by atoms with van der Waals surface area (Å²) in [7, 11) is 0. The van der Waals surface area contributed by atoms with Crippen LogP contribution < -0.4 is 4.90 Å². The van der Waals surface area contributed by atoms with Crippen LogP contribution in [0.2, 0.25) is 0 Å². The van der Waals surface area contributed by atoms with Crippen molar-refractivity contribution in [1.82, 2.24) is 0 Å². The summed E-state index contributed by atoms with van der Waals surface area (Å²) in [6, 6.07) is 9.02. The van der Waals surface area contributed by atoms with E-state index < -0.39 is 0 Å². The Morgan fingerprint density at radius 1 is 1.22 bits per heavy atom. The molecular formula is C15H18N2O. The fourth-order valence-electron chi connectivity index (χ4n) is 4.26. The smallest absolute Gasteiger partial charge is 0.0828 e. The molecular weight excluding hydrogens is 224 g/mol. The number of para-hydroxylation sites is 1. The van der Waals surface area contributed by atoms with Gasteiger partial charge in [0.1, 0.15) is 0 Å².